The number of nitrogens with one attached hydrogen (secondary N) is 1. The summed E-state index contributed by atoms with van der Waals surface area (Å²) in [6, 6.07) is 5.84. The first-order chi connectivity index (χ1) is 13.1. The lowest BCUT2D eigenvalue weighted by Gasteiger charge is -2.44. The molecule has 1 aliphatic carbocycles. The second kappa shape index (κ2) is 7.22. The minimum absolute atomic E-state index is 0.195. The van der Waals surface area contributed by atoms with Crippen LogP contribution in [0, 0.1) is 0 Å². The van der Waals surface area contributed by atoms with E-state index in [1.807, 2.05) is 42.5 Å². The molecule has 1 aromatic rings. The zero-order valence-electron chi connectivity index (χ0n) is 15.3. The number of hydrogen-bond donors (Lipinski definition) is 1. The maximum Gasteiger partial charge on any atom is 0.291 e. The highest BCUT2D eigenvalue weighted by molar-refractivity contribution is 8.16. The van der Waals surface area contributed by atoms with Gasteiger partial charge in [0.2, 0.25) is 4.93 Å². The Labute approximate surface area is 163 Å². The van der Waals surface area contributed by atoms with Crippen molar-refractivity contribution in [3.8, 4) is 0 Å². The van der Waals surface area contributed by atoms with Crippen LogP contribution < -0.4 is 5.32 Å². The Morgan fingerprint density at radius 1 is 1.37 bits per heavy atom. The van der Waals surface area contributed by atoms with Gasteiger partial charge in [-0.25, -0.2) is 0 Å². The van der Waals surface area contributed by atoms with Crippen molar-refractivity contribution in [3.63, 3.8) is 0 Å². The Hall–Kier alpha value is -1.96. The predicted molar refractivity (Wildman–Crippen MR) is 104 cm³/mol. The Bertz CT molecular complexity index is 791. The van der Waals surface area contributed by atoms with E-state index >= 15 is 0 Å². The number of ether oxygens (including phenoxy) is 1. The van der Waals surface area contributed by atoms with Gasteiger partial charge in [0.15, 0.2) is 0 Å². The first-order valence-corrected chi connectivity index (χ1v) is 10.0. The zero-order valence-corrected chi connectivity index (χ0v) is 16.1. The van der Waals surface area contributed by atoms with Crippen molar-refractivity contribution in [1.82, 2.24) is 15.2 Å². The molecule has 7 heteroatoms. The van der Waals surface area contributed by atoms with Gasteiger partial charge >= 0.3 is 0 Å². The molecule has 2 unspecified atom stereocenters. The fourth-order valence-corrected chi connectivity index (χ4v) is 5.26. The van der Waals surface area contributed by atoms with Crippen molar-refractivity contribution < 1.29 is 14.3 Å². The minimum atomic E-state index is -1.36. The fourth-order valence-electron chi connectivity index (χ4n) is 4.01. The molecule has 0 spiro atoms. The van der Waals surface area contributed by atoms with Crippen LogP contribution in [0.25, 0.3) is 0 Å². The lowest BCUT2D eigenvalue weighted by molar-refractivity contribution is -0.146. The van der Waals surface area contributed by atoms with Crippen LogP contribution in [0.2, 0.25) is 0 Å². The maximum atomic E-state index is 13.4. The summed E-state index contributed by atoms with van der Waals surface area (Å²) in [4.78, 5) is 30.3. The van der Waals surface area contributed by atoms with Gasteiger partial charge in [0.1, 0.15) is 0 Å². The second-order valence-corrected chi connectivity index (χ2v) is 8.26. The molecule has 1 N–H and O–H groups in total. The highest BCUT2D eigenvalue weighted by Gasteiger charge is 2.65. The van der Waals surface area contributed by atoms with E-state index in [0.29, 0.717) is 13.0 Å². The topological polar surface area (TPSA) is 71.5 Å². The maximum absolute atomic E-state index is 13.4. The van der Waals surface area contributed by atoms with E-state index in [0.717, 1.165) is 36.8 Å². The third-order valence-corrected chi connectivity index (χ3v) is 6.91. The number of allylic oxidation sites excluding steroid dienone is 3. The van der Waals surface area contributed by atoms with Crippen LogP contribution in [0.4, 0.5) is 4.79 Å². The van der Waals surface area contributed by atoms with Crippen LogP contribution in [0.15, 0.2) is 48.7 Å². The minimum Gasteiger partial charge on any atom is -0.352 e. The van der Waals surface area contributed by atoms with Crippen LogP contribution in [-0.4, -0.2) is 52.2 Å². The molecular weight excluding hydrogens is 362 g/mol. The number of nitrogens with zero attached hydrogens (tertiary/aromatic N) is 2. The standard InChI is InChI=1S/C20H23N3O3S/c1-23-17(24)20(27-18(23)25,26-14-15-8-7-13-21-15)19(10-4-2-5-11-19)16-9-3-6-12-22-16/h2-6,9-10,12,15,21H,7-8,11,13-14H2,1H3/t15-,19?,20?/m0/s1. The highest BCUT2D eigenvalue weighted by atomic mass is 32.2. The zero-order chi connectivity index (χ0) is 18.9. The number of imide groups is 1. The van der Waals surface area contributed by atoms with Crippen molar-refractivity contribution in [2.24, 2.45) is 0 Å². The highest BCUT2D eigenvalue weighted by Crippen LogP contribution is 2.54. The van der Waals surface area contributed by atoms with E-state index < -0.39 is 10.3 Å². The van der Waals surface area contributed by atoms with Gasteiger partial charge in [-0.1, -0.05) is 30.4 Å². The van der Waals surface area contributed by atoms with E-state index in [-0.39, 0.29) is 17.2 Å². The van der Waals surface area contributed by atoms with E-state index in [1.54, 1.807) is 6.20 Å². The average molecular weight is 385 g/mol. The third kappa shape index (κ3) is 2.94. The van der Waals surface area contributed by atoms with E-state index in [9.17, 15) is 9.59 Å². The van der Waals surface area contributed by atoms with Crippen LogP contribution >= 0.6 is 11.8 Å². The first kappa shape index (κ1) is 18.4. The SMILES string of the molecule is CN1C(=O)SC(OC[C@@H]2CCCN2)(C2(c3ccccn3)C=CC=CC2)C1=O. The van der Waals surface area contributed by atoms with E-state index in [1.165, 1.54) is 11.9 Å². The van der Waals surface area contributed by atoms with Crippen molar-refractivity contribution in [3.05, 3.63) is 54.4 Å². The fraction of sp³-hybridized carbons (Fsp3) is 0.450. The number of thioether (sulfide) groups is 1. The summed E-state index contributed by atoms with van der Waals surface area (Å²) in [5.74, 6) is -0.318. The number of amides is 2. The molecule has 0 radical (unpaired) electrons. The second-order valence-electron chi connectivity index (χ2n) is 7.13. The molecule has 4 rings (SSSR count). The lowest BCUT2D eigenvalue weighted by Crippen LogP contribution is -2.57. The third-order valence-electron chi connectivity index (χ3n) is 5.52. The molecule has 142 valence electrons. The number of rotatable bonds is 5. The van der Waals surface area contributed by atoms with Gasteiger partial charge < -0.3 is 10.1 Å². The summed E-state index contributed by atoms with van der Waals surface area (Å²) in [7, 11) is 1.52. The molecule has 0 aromatic carbocycles. The lowest BCUT2D eigenvalue weighted by atomic mass is 9.72. The summed E-state index contributed by atoms with van der Waals surface area (Å²) in [5.41, 5.74) is -0.113. The normalized spacial score (nSPS) is 33.2. The van der Waals surface area contributed by atoms with Gasteiger partial charge in [-0.2, -0.15) is 0 Å². The summed E-state index contributed by atoms with van der Waals surface area (Å²) < 4.78 is 6.39. The van der Waals surface area contributed by atoms with Crippen molar-refractivity contribution in [2.45, 2.75) is 35.7 Å². The summed E-state index contributed by atoms with van der Waals surface area (Å²) in [6.45, 7) is 1.33. The molecule has 2 aliphatic heterocycles. The molecule has 2 amide bonds. The molecule has 2 fully saturated rings. The summed E-state index contributed by atoms with van der Waals surface area (Å²) >= 11 is 0.975. The Balaban J connectivity index is 1.80. The van der Waals surface area contributed by atoms with E-state index in [4.69, 9.17) is 4.74 Å². The van der Waals surface area contributed by atoms with Gasteiger partial charge in [0.25, 0.3) is 11.1 Å². The molecule has 3 heterocycles. The Morgan fingerprint density at radius 2 is 2.26 bits per heavy atom. The first-order valence-electron chi connectivity index (χ1n) is 9.23. The quantitative estimate of drug-likeness (QED) is 0.840. The molecule has 0 saturated carbocycles. The van der Waals surface area contributed by atoms with Gasteiger partial charge in [0.05, 0.1) is 17.7 Å². The molecule has 1 aromatic heterocycles. The molecular formula is C20H23N3O3S. The number of hydrogen-bond acceptors (Lipinski definition) is 6. The van der Waals surface area contributed by atoms with Crippen LogP contribution in [0.1, 0.15) is 25.0 Å². The smallest absolute Gasteiger partial charge is 0.291 e. The van der Waals surface area contributed by atoms with Crippen molar-refractivity contribution >= 4 is 22.9 Å². The van der Waals surface area contributed by atoms with Crippen LogP contribution in [0.5, 0.6) is 0 Å². The van der Waals surface area contributed by atoms with Gasteiger partial charge in [0, 0.05) is 19.3 Å². The van der Waals surface area contributed by atoms with Gasteiger partial charge in [-0.05, 0) is 49.7 Å². The predicted octanol–water partition coefficient (Wildman–Crippen LogP) is 2.63. The number of carbonyl (C=O) groups excluding carboxylic acids is 2. The van der Waals surface area contributed by atoms with Gasteiger partial charge in [-0.15, -0.1) is 0 Å². The number of likely N-dealkylation sites (N-methyl/N-ethyl adjacent to an activating group) is 1. The Morgan fingerprint density at radius 3 is 2.85 bits per heavy atom. The largest absolute Gasteiger partial charge is 0.352 e. The molecule has 6 nitrogen and oxygen atoms in total. The molecule has 2 saturated heterocycles. The number of carbonyl (C=O) groups is 2. The average Bonchev–Trinajstić information content (AvgIpc) is 3.31. The number of aromatic nitrogens is 1. The molecule has 3 aliphatic rings. The summed E-state index contributed by atoms with van der Waals surface area (Å²) in [6.07, 6.45) is 12.2. The molecule has 0 bridgehead atoms. The number of pyridine rings is 1. The summed E-state index contributed by atoms with van der Waals surface area (Å²) in [5, 5.41) is 3.10. The van der Waals surface area contributed by atoms with E-state index in [2.05, 4.69) is 10.3 Å². The monoisotopic (exact) mass is 385 g/mol. The van der Waals surface area contributed by atoms with Crippen LogP contribution in [-0.2, 0) is 14.9 Å². The molecule has 27 heavy (non-hydrogen) atoms. The van der Waals surface area contributed by atoms with Crippen molar-refractivity contribution in [2.75, 3.05) is 20.2 Å². The van der Waals surface area contributed by atoms with Gasteiger partial charge in [-0.3, -0.25) is 19.5 Å². The Kier molecular flexibility index (Phi) is 4.92. The molecule has 3 atom stereocenters. The van der Waals surface area contributed by atoms with Crippen LogP contribution in [0.3, 0.4) is 0 Å². The van der Waals surface area contributed by atoms with Crippen molar-refractivity contribution in [1.29, 1.82) is 0 Å².